The van der Waals surface area contributed by atoms with Gasteiger partial charge in [0.05, 0.1) is 66.6 Å². The summed E-state index contributed by atoms with van der Waals surface area (Å²) in [5.41, 5.74) is 44.6. The highest BCUT2D eigenvalue weighted by molar-refractivity contribution is 6.17. The van der Waals surface area contributed by atoms with E-state index in [0.717, 1.165) is 83.8 Å². The van der Waals surface area contributed by atoms with Gasteiger partial charge in [-0.1, -0.05) is 296 Å². The number of hydrogen-bond acceptors (Lipinski definition) is 2. The number of rotatable bonds is 11. The number of nitrogens with zero attached hydrogens (tertiary/aromatic N) is 7. The highest BCUT2D eigenvalue weighted by atomic mass is 15.0. The smallest absolute Gasteiger partial charge is 0.160 e. The molecule has 0 saturated carbocycles. The van der Waals surface area contributed by atoms with E-state index in [0.29, 0.717) is 5.82 Å². The topological polar surface area (TPSA) is 50.4 Å². The number of aromatic nitrogens is 7. The van der Waals surface area contributed by atoms with Crippen LogP contribution >= 0.6 is 0 Å². The highest BCUT2D eigenvalue weighted by Gasteiger charge is 2.39. The number of para-hydroxylation sites is 4. The number of hydrogen-bond donors (Lipinski definition) is 0. The van der Waals surface area contributed by atoms with E-state index < -0.39 is 0 Å². The lowest BCUT2D eigenvalue weighted by Crippen LogP contribution is -2.15. The molecule has 0 fully saturated rings. The highest BCUT2D eigenvalue weighted by Crippen LogP contribution is 2.55. The summed E-state index contributed by atoms with van der Waals surface area (Å²) in [6.07, 6.45) is 0. The molecule has 7 heteroatoms. The van der Waals surface area contributed by atoms with Gasteiger partial charge in [0.2, 0.25) is 0 Å². The molecule has 0 atom stereocenters. The zero-order valence-corrected chi connectivity index (χ0v) is 75.0. The first-order chi connectivity index (χ1) is 65.7. The molecule has 0 amide bonds. The normalized spacial score (nSPS) is 13.8. The van der Waals surface area contributed by atoms with Crippen molar-refractivity contribution in [1.82, 2.24) is 32.8 Å². The maximum atomic E-state index is 5.46. The monoisotopic (exact) mass is 1710 g/mol. The third-order valence-electron chi connectivity index (χ3n) is 30.5. The molecule has 0 radical (unpaired) electrons. The molecule has 3 aliphatic rings. The fourth-order valence-corrected chi connectivity index (χ4v) is 23.9. The van der Waals surface area contributed by atoms with Crippen molar-refractivity contribution in [3.05, 3.63) is 452 Å². The summed E-state index contributed by atoms with van der Waals surface area (Å²) < 4.78 is 12.3. The van der Waals surface area contributed by atoms with Crippen molar-refractivity contribution in [2.24, 2.45) is 0 Å². The van der Waals surface area contributed by atoms with Crippen LogP contribution in [-0.2, 0) is 16.2 Å². The van der Waals surface area contributed by atoms with Crippen molar-refractivity contribution in [2.75, 3.05) is 0 Å². The fraction of sp³-hybridized carbons (Fsp3) is 0.0709. The second kappa shape index (κ2) is 28.1. The third-order valence-corrected chi connectivity index (χ3v) is 30.5. The van der Waals surface area contributed by atoms with E-state index in [2.05, 4.69) is 483 Å². The van der Waals surface area contributed by atoms with Crippen molar-refractivity contribution in [1.29, 1.82) is 0 Å². The van der Waals surface area contributed by atoms with Crippen LogP contribution in [0.2, 0.25) is 0 Å². The van der Waals surface area contributed by atoms with Crippen molar-refractivity contribution >= 4 is 109 Å². The van der Waals surface area contributed by atoms with Crippen LogP contribution in [0.15, 0.2) is 419 Å². The molecule has 3 aliphatic carbocycles. The van der Waals surface area contributed by atoms with E-state index >= 15 is 0 Å². The Morgan fingerprint density at radius 1 is 0.157 bits per heavy atom. The Morgan fingerprint density at radius 3 is 0.761 bits per heavy atom. The maximum Gasteiger partial charge on any atom is 0.160 e. The van der Waals surface area contributed by atoms with Gasteiger partial charge in [-0.3, -0.25) is 0 Å². The van der Waals surface area contributed by atoms with Gasteiger partial charge in [0.25, 0.3) is 0 Å². The summed E-state index contributed by atoms with van der Waals surface area (Å²) in [7, 11) is 0. The Labute approximate surface area is 775 Å². The molecule has 0 bridgehead atoms. The molecule has 134 heavy (non-hydrogen) atoms. The first kappa shape index (κ1) is 76.2. The predicted molar refractivity (Wildman–Crippen MR) is 559 cm³/mol. The van der Waals surface area contributed by atoms with E-state index in [1.165, 1.54) is 182 Å². The number of fused-ring (bicyclic) bond motifs is 24. The molecule has 0 spiro atoms. The van der Waals surface area contributed by atoms with Gasteiger partial charge in [-0.25, -0.2) is 9.97 Å². The van der Waals surface area contributed by atoms with Crippen LogP contribution in [0.1, 0.15) is 74.9 Å². The SMILES string of the molecule is CC1(C)c2ccccc2-c2ccc(-n3c4ccccc4c4cc(-c5ccc6c(c5)c5ccccc5n6-c5cccc(-c6cc(-c7ccc(-n8c9ccc(-c%10ccc%11c(c%10)c%10ccccc%10n%11-c%10ccc%11c(c%10)C(C)(C)c%10ccccc%10-%11)cc9c9cc(-c%10ccc%11c(c%10)c%10ccccc%10n%11-c%10ccc%11c(c%10)C(C)(C)c%10ccccc%10-%11)ccc98)cc7)nc(-c7ccccc7)n6)c5)ccc43)cc21. The van der Waals surface area contributed by atoms with Gasteiger partial charge in [-0.05, 0) is 264 Å². The van der Waals surface area contributed by atoms with Crippen LogP contribution in [0.3, 0.4) is 0 Å². The number of benzene rings is 19. The van der Waals surface area contributed by atoms with Crippen molar-refractivity contribution in [3.8, 4) is 129 Å². The lowest BCUT2D eigenvalue weighted by molar-refractivity contribution is 0.660. The van der Waals surface area contributed by atoms with Gasteiger partial charge < -0.3 is 22.8 Å². The van der Waals surface area contributed by atoms with Crippen LogP contribution < -0.4 is 0 Å². The average molecular weight is 1710 g/mol. The van der Waals surface area contributed by atoms with Crippen LogP contribution in [0.5, 0.6) is 0 Å². The molecule has 7 nitrogen and oxygen atoms in total. The molecule has 28 rings (SSSR count). The standard InChI is InChI=1S/C127H87N7/c1-125(2)106-36-17-10-29-90(106)93-56-53-87(72-109(93)125)132-115-40-21-14-33-97(115)101-67-79(46-60-119(101)132)78-45-59-118-100(66-78)96-32-13-20-39-114(96)131(118)86-28-24-27-84(65-86)113-75-112(128-124(129-113)77-25-8-7-9-26-77)76-43-51-85(52-44-76)130-122-63-49-82(80-47-61-120-102(68-80)98-34-15-22-41-116(98)133(120)88-54-57-94-91-30-11-18-37-107(91)126(3,4)110(94)73-88)70-104(122)105-71-83(50-64-123(105)130)81-48-62-121-103(69-81)99-35-16-23-42-117(99)134(121)89-55-58-95-92-31-12-19-38-108(92)127(5,6)111(95)74-89/h7-75H,1-6H3. The van der Waals surface area contributed by atoms with Gasteiger partial charge in [0.15, 0.2) is 5.82 Å². The summed E-state index contributed by atoms with van der Waals surface area (Å²) in [6, 6.07) is 157. The van der Waals surface area contributed by atoms with Gasteiger partial charge in [0, 0.05) is 115 Å². The van der Waals surface area contributed by atoms with Gasteiger partial charge in [-0.2, -0.15) is 0 Å². The molecular weight excluding hydrogens is 1620 g/mol. The van der Waals surface area contributed by atoms with Crippen molar-refractivity contribution in [2.45, 2.75) is 57.8 Å². The minimum absolute atomic E-state index is 0.112. The molecule has 0 aliphatic heterocycles. The molecule has 630 valence electrons. The van der Waals surface area contributed by atoms with Crippen LogP contribution in [0.25, 0.3) is 238 Å². The predicted octanol–water partition coefficient (Wildman–Crippen LogP) is 32.9. The Hall–Kier alpha value is -16.7. The molecule has 6 aromatic heterocycles. The summed E-state index contributed by atoms with van der Waals surface area (Å²) in [5, 5.41) is 12.1. The summed E-state index contributed by atoms with van der Waals surface area (Å²) >= 11 is 0. The maximum absolute atomic E-state index is 5.46. The van der Waals surface area contributed by atoms with E-state index in [1.54, 1.807) is 0 Å². The zero-order valence-electron chi connectivity index (χ0n) is 75.0. The van der Waals surface area contributed by atoms with E-state index in [-0.39, 0.29) is 16.2 Å². The Kier molecular flexibility index (Phi) is 16.0. The summed E-state index contributed by atoms with van der Waals surface area (Å²) in [6.45, 7) is 14.2. The van der Waals surface area contributed by atoms with Gasteiger partial charge >= 0.3 is 0 Å². The quantitative estimate of drug-likeness (QED) is 0.130. The lowest BCUT2D eigenvalue weighted by atomic mass is 9.82. The lowest BCUT2D eigenvalue weighted by Gasteiger charge is -2.22. The first-order valence-electron chi connectivity index (χ1n) is 46.8. The molecule has 0 saturated heterocycles. The molecule has 6 heterocycles. The largest absolute Gasteiger partial charge is 0.309 e. The Balaban J connectivity index is 0.547. The van der Waals surface area contributed by atoms with E-state index in [1.807, 2.05) is 0 Å². The van der Waals surface area contributed by atoms with Crippen LogP contribution in [-0.4, -0.2) is 32.8 Å². The van der Waals surface area contributed by atoms with Crippen LogP contribution in [0.4, 0.5) is 0 Å². The molecular formula is C127H87N7. The van der Waals surface area contributed by atoms with Gasteiger partial charge in [0.1, 0.15) is 0 Å². The third kappa shape index (κ3) is 11.0. The van der Waals surface area contributed by atoms with Gasteiger partial charge in [-0.15, -0.1) is 0 Å². The molecule has 0 unspecified atom stereocenters. The van der Waals surface area contributed by atoms with Crippen LogP contribution in [0, 0.1) is 0 Å². The fourth-order valence-electron chi connectivity index (χ4n) is 23.9. The minimum Gasteiger partial charge on any atom is -0.309 e. The minimum atomic E-state index is -0.132. The Bertz CT molecular complexity index is 9130. The summed E-state index contributed by atoms with van der Waals surface area (Å²) in [5.74, 6) is 0.659. The second-order valence-electron chi connectivity index (χ2n) is 38.8. The molecule has 25 aromatic rings. The Morgan fingerprint density at radius 2 is 0.410 bits per heavy atom. The summed E-state index contributed by atoms with van der Waals surface area (Å²) in [4.78, 5) is 10.9. The molecule has 19 aromatic carbocycles. The first-order valence-corrected chi connectivity index (χ1v) is 46.8. The van der Waals surface area contributed by atoms with Crippen molar-refractivity contribution in [3.63, 3.8) is 0 Å². The molecule has 0 N–H and O–H groups in total. The van der Waals surface area contributed by atoms with E-state index in [4.69, 9.17) is 9.97 Å². The van der Waals surface area contributed by atoms with Crippen molar-refractivity contribution < 1.29 is 0 Å². The zero-order chi connectivity index (χ0) is 88.9. The second-order valence-corrected chi connectivity index (χ2v) is 38.8. The average Bonchev–Trinajstić information content (AvgIpc) is 1.56. The van der Waals surface area contributed by atoms with E-state index in [9.17, 15) is 0 Å².